The second kappa shape index (κ2) is 6.21. The van der Waals surface area contributed by atoms with E-state index in [9.17, 15) is 0 Å². The fraction of sp³-hybridized carbons (Fsp3) is 0.188. The lowest BCUT2D eigenvalue weighted by atomic mass is 10.3. The Morgan fingerprint density at radius 2 is 2.05 bits per heavy atom. The van der Waals surface area contributed by atoms with Crippen molar-refractivity contribution in [3.63, 3.8) is 0 Å². The molecule has 0 bridgehead atoms. The van der Waals surface area contributed by atoms with Crippen LogP contribution in [0.15, 0.2) is 42.7 Å². The van der Waals surface area contributed by atoms with Crippen LogP contribution < -0.4 is 11.1 Å². The average Bonchev–Trinajstić information content (AvgIpc) is 2.97. The van der Waals surface area contributed by atoms with Gasteiger partial charge in [0.2, 0.25) is 0 Å². The summed E-state index contributed by atoms with van der Waals surface area (Å²) in [6, 6.07) is 9.73. The second-order valence-electron chi connectivity index (χ2n) is 5.10. The third kappa shape index (κ3) is 3.29. The first-order valence-corrected chi connectivity index (χ1v) is 7.82. The topological polar surface area (TPSA) is 76.7 Å². The molecule has 0 aromatic carbocycles. The lowest BCUT2D eigenvalue weighted by molar-refractivity contribution is 0.807. The van der Waals surface area contributed by atoms with Gasteiger partial charge in [-0.25, -0.2) is 15.0 Å². The molecule has 3 aromatic heterocycles. The Morgan fingerprint density at radius 1 is 1.18 bits per heavy atom. The van der Waals surface area contributed by atoms with Crippen LogP contribution in [0.4, 0.5) is 11.6 Å². The number of hydrogen-bond donors (Lipinski definition) is 2. The van der Waals surface area contributed by atoms with Crippen molar-refractivity contribution in [3.8, 4) is 10.6 Å². The van der Waals surface area contributed by atoms with Crippen molar-refractivity contribution < 1.29 is 0 Å². The van der Waals surface area contributed by atoms with Gasteiger partial charge in [0.25, 0.3) is 0 Å². The first-order chi connectivity index (χ1) is 10.6. The van der Waals surface area contributed by atoms with Crippen molar-refractivity contribution in [2.45, 2.75) is 19.9 Å². The Labute approximate surface area is 133 Å². The molecule has 1 atom stereocenters. The molecule has 5 nitrogen and oxygen atoms in total. The van der Waals surface area contributed by atoms with Crippen molar-refractivity contribution in [2.24, 2.45) is 5.73 Å². The van der Waals surface area contributed by atoms with Crippen molar-refractivity contribution in [1.82, 2.24) is 15.0 Å². The van der Waals surface area contributed by atoms with Crippen molar-refractivity contribution in [2.75, 3.05) is 5.32 Å². The van der Waals surface area contributed by atoms with Gasteiger partial charge >= 0.3 is 0 Å². The first kappa shape index (κ1) is 14.6. The van der Waals surface area contributed by atoms with Crippen LogP contribution in [0, 0.1) is 6.92 Å². The van der Waals surface area contributed by atoms with Gasteiger partial charge < -0.3 is 11.1 Å². The van der Waals surface area contributed by atoms with Crippen molar-refractivity contribution >= 4 is 23.0 Å². The molecule has 0 spiro atoms. The number of anilines is 2. The van der Waals surface area contributed by atoms with Crippen molar-refractivity contribution in [3.05, 3.63) is 53.3 Å². The summed E-state index contributed by atoms with van der Waals surface area (Å²) in [4.78, 5) is 14.3. The van der Waals surface area contributed by atoms with Gasteiger partial charge in [-0.1, -0.05) is 6.07 Å². The second-order valence-corrected chi connectivity index (χ2v) is 6.17. The quantitative estimate of drug-likeness (QED) is 0.768. The Balaban J connectivity index is 1.85. The highest BCUT2D eigenvalue weighted by Gasteiger charge is 2.09. The summed E-state index contributed by atoms with van der Waals surface area (Å²) in [5.41, 5.74) is 7.89. The largest absolute Gasteiger partial charge is 0.325 e. The summed E-state index contributed by atoms with van der Waals surface area (Å²) in [6.45, 7) is 3.96. The number of aryl methyl sites for hydroxylation is 1. The molecule has 22 heavy (non-hydrogen) atoms. The highest BCUT2D eigenvalue weighted by molar-refractivity contribution is 7.15. The smallest absolute Gasteiger partial charge is 0.132 e. The molecule has 0 saturated heterocycles. The van der Waals surface area contributed by atoms with Crippen LogP contribution >= 0.6 is 11.3 Å². The first-order valence-electron chi connectivity index (χ1n) is 7.00. The van der Waals surface area contributed by atoms with Gasteiger partial charge in [-0.2, -0.15) is 0 Å². The zero-order chi connectivity index (χ0) is 15.5. The van der Waals surface area contributed by atoms with Crippen LogP contribution in [0.5, 0.6) is 0 Å². The summed E-state index contributed by atoms with van der Waals surface area (Å²) >= 11 is 1.57. The molecular weight excluding hydrogens is 294 g/mol. The highest BCUT2D eigenvalue weighted by atomic mass is 32.1. The van der Waals surface area contributed by atoms with Gasteiger partial charge in [0.15, 0.2) is 0 Å². The van der Waals surface area contributed by atoms with Crippen LogP contribution in [0.2, 0.25) is 0 Å². The molecular formula is C16H17N5S. The Hall–Kier alpha value is -2.31. The number of hydrogen-bond acceptors (Lipinski definition) is 6. The lowest BCUT2D eigenvalue weighted by Crippen LogP contribution is -2.03. The van der Waals surface area contributed by atoms with E-state index in [4.69, 9.17) is 5.73 Å². The maximum atomic E-state index is 5.86. The van der Waals surface area contributed by atoms with E-state index in [1.807, 2.05) is 50.4 Å². The molecule has 0 aliphatic carbocycles. The zero-order valence-corrected chi connectivity index (χ0v) is 13.3. The standard InChI is InChI=1S/C16H17N5S/c1-10-6-7-18-15(8-10)21-14-5-3-4-12(20-14)13-9-19-16(22-13)11(2)17/h3-9,11H,17H2,1-2H3,(H,18,20,21). The molecule has 0 fully saturated rings. The van der Waals surface area contributed by atoms with Crippen molar-refractivity contribution in [1.29, 1.82) is 0 Å². The molecule has 0 aliphatic rings. The average molecular weight is 311 g/mol. The Kier molecular flexibility index (Phi) is 4.13. The van der Waals surface area contributed by atoms with Gasteiger partial charge in [0, 0.05) is 12.4 Å². The minimum absolute atomic E-state index is 0.0587. The fourth-order valence-corrected chi connectivity index (χ4v) is 2.83. The van der Waals surface area contributed by atoms with Crippen LogP contribution in [0.1, 0.15) is 23.5 Å². The lowest BCUT2D eigenvalue weighted by Gasteiger charge is -2.06. The molecule has 0 amide bonds. The maximum Gasteiger partial charge on any atom is 0.132 e. The fourth-order valence-electron chi connectivity index (χ4n) is 1.99. The molecule has 0 saturated carbocycles. The van der Waals surface area contributed by atoms with Gasteiger partial charge in [0.1, 0.15) is 16.6 Å². The third-order valence-corrected chi connectivity index (χ3v) is 4.31. The van der Waals surface area contributed by atoms with Gasteiger partial charge in [0.05, 0.1) is 16.6 Å². The number of nitrogens with two attached hydrogens (primary N) is 1. The van der Waals surface area contributed by atoms with E-state index in [2.05, 4.69) is 20.3 Å². The van der Waals surface area contributed by atoms with E-state index in [0.29, 0.717) is 0 Å². The SMILES string of the molecule is Cc1ccnc(Nc2cccc(-c3cnc(C(C)N)s3)n2)c1. The predicted octanol–water partition coefficient (Wildman–Crippen LogP) is 3.67. The Morgan fingerprint density at radius 3 is 2.77 bits per heavy atom. The zero-order valence-electron chi connectivity index (χ0n) is 12.4. The van der Waals surface area contributed by atoms with E-state index >= 15 is 0 Å². The van der Waals surface area contributed by atoms with Crippen LogP contribution in [-0.4, -0.2) is 15.0 Å². The molecule has 6 heteroatoms. The minimum atomic E-state index is -0.0587. The number of pyridine rings is 2. The van der Waals surface area contributed by atoms with Gasteiger partial charge in [-0.3, -0.25) is 0 Å². The molecule has 3 N–H and O–H groups in total. The van der Waals surface area contributed by atoms with E-state index < -0.39 is 0 Å². The van der Waals surface area contributed by atoms with E-state index in [0.717, 1.165) is 32.8 Å². The number of thiazole rings is 1. The van der Waals surface area contributed by atoms with Crippen LogP contribution in [-0.2, 0) is 0 Å². The molecule has 3 rings (SSSR count). The summed E-state index contributed by atoms with van der Waals surface area (Å²) in [5, 5.41) is 4.13. The van der Waals surface area contributed by atoms with Gasteiger partial charge in [-0.05, 0) is 43.7 Å². The number of nitrogens with zero attached hydrogens (tertiary/aromatic N) is 3. The summed E-state index contributed by atoms with van der Waals surface area (Å²) in [5.74, 6) is 1.54. The van der Waals surface area contributed by atoms with E-state index in [1.165, 1.54) is 0 Å². The molecule has 0 aliphatic heterocycles. The molecule has 3 aromatic rings. The highest BCUT2D eigenvalue weighted by Crippen LogP contribution is 2.28. The number of nitrogens with one attached hydrogen (secondary N) is 1. The van der Waals surface area contributed by atoms with Gasteiger partial charge in [-0.15, -0.1) is 11.3 Å². The normalized spacial score (nSPS) is 12.1. The summed E-state index contributed by atoms with van der Waals surface area (Å²) in [6.07, 6.45) is 3.60. The maximum absolute atomic E-state index is 5.86. The van der Waals surface area contributed by atoms with E-state index in [-0.39, 0.29) is 6.04 Å². The molecule has 112 valence electrons. The van der Waals surface area contributed by atoms with Crippen LogP contribution in [0.3, 0.4) is 0 Å². The third-order valence-electron chi connectivity index (χ3n) is 3.09. The van der Waals surface area contributed by atoms with E-state index in [1.54, 1.807) is 17.5 Å². The molecule has 1 unspecified atom stereocenters. The minimum Gasteiger partial charge on any atom is -0.325 e. The summed E-state index contributed by atoms with van der Waals surface area (Å²) < 4.78 is 0. The number of aromatic nitrogens is 3. The summed E-state index contributed by atoms with van der Waals surface area (Å²) in [7, 11) is 0. The van der Waals surface area contributed by atoms with Crippen LogP contribution in [0.25, 0.3) is 10.6 Å². The predicted molar refractivity (Wildman–Crippen MR) is 90.2 cm³/mol. The monoisotopic (exact) mass is 311 g/mol. The Bertz CT molecular complexity index is 781. The molecule has 3 heterocycles. The molecule has 0 radical (unpaired) electrons. The number of rotatable bonds is 4.